The highest BCUT2D eigenvalue weighted by Crippen LogP contribution is 2.50. The average Bonchev–Trinajstić information content (AvgIpc) is 2.76. The summed E-state index contributed by atoms with van der Waals surface area (Å²) in [5.74, 6) is 1.14. The van der Waals surface area contributed by atoms with E-state index in [-0.39, 0.29) is 16.8 Å². The Hall–Kier alpha value is -2.28. The molecule has 0 atom stereocenters. The molecule has 1 aliphatic carbocycles. The van der Waals surface area contributed by atoms with Gasteiger partial charge in [-0.1, -0.05) is 34.6 Å². The van der Waals surface area contributed by atoms with Crippen molar-refractivity contribution in [3.8, 4) is 17.6 Å². The maximum atomic E-state index is 12.7. The van der Waals surface area contributed by atoms with Gasteiger partial charge in [0.05, 0.1) is 19.8 Å². The molecule has 4 nitrogen and oxygen atoms in total. The summed E-state index contributed by atoms with van der Waals surface area (Å²) in [6.45, 7) is 9.73. The summed E-state index contributed by atoms with van der Waals surface area (Å²) in [5.41, 5.74) is 2.27. The lowest BCUT2D eigenvalue weighted by Gasteiger charge is -2.20. The van der Waals surface area contributed by atoms with Crippen molar-refractivity contribution in [1.82, 2.24) is 0 Å². The van der Waals surface area contributed by atoms with Gasteiger partial charge in [0.1, 0.15) is 6.07 Å². The van der Waals surface area contributed by atoms with Crippen LogP contribution in [0.1, 0.15) is 52.2 Å². The van der Waals surface area contributed by atoms with Gasteiger partial charge in [0.25, 0.3) is 0 Å². The first-order chi connectivity index (χ1) is 11.1. The molecule has 1 aromatic carbocycles. The van der Waals surface area contributed by atoms with E-state index in [1.807, 2.05) is 32.9 Å². The quantitative estimate of drug-likeness (QED) is 0.614. The highest BCUT2D eigenvalue weighted by atomic mass is 16.5. The number of nitriles is 1. The molecule has 0 heterocycles. The number of ketones is 1. The Labute approximate surface area is 144 Å². The van der Waals surface area contributed by atoms with Crippen molar-refractivity contribution < 1.29 is 14.3 Å². The predicted molar refractivity (Wildman–Crippen MR) is 94.2 cm³/mol. The number of nitrogens with zero attached hydrogens (tertiary/aromatic N) is 1. The number of fused-ring (bicyclic) bond motifs is 1. The van der Waals surface area contributed by atoms with E-state index in [1.165, 1.54) is 0 Å². The molecule has 2 rings (SSSR count). The Balaban J connectivity index is 2.77. The van der Waals surface area contributed by atoms with Gasteiger partial charge in [-0.05, 0) is 40.7 Å². The van der Waals surface area contributed by atoms with Gasteiger partial charge in [0, 0.05) is 5.41 Å². The summed E-state index contributed by atoms with van der Waals surface area (Å²) >= 11 is 0. The lowest BCUT2D eigenvalue weighted by atomic mass is 9.83. The molecular weight excluding hydrogens is 302 g/mol. The third kappa shape index (κ3) is 2.91. The molecule has 0 radical (unpaired) electrons. The van der Waals surface area contributed by atoms with E-state index < -0.39 is 5.41 Å². The zero-order valence-electron chi connectivity index (χ0n) is 15.5. The summed E-state index contributed by atoms with van der Waals surface area (Å²) in [7, 11) is 3.19. The Kier molecular flexibility index (Phi) is 4.50. The van der Waals surface area contributed by atoms with Crippen LogP contribution in [0.4, 0.5) is 0 Å². The minimum Gasteiger partial charge on any atom is -0.493 e. The summed E-state index contributed by atoms with van der Waals surface area (Å²) in [6, 6.07) is 5.99. The first kappa shape index (κ1) is 18.1. The minimum absolute atomic E-state index is 0.126. The molecule has 0 fully saturated rings. The Morgan fingerprint density at radius 3 is 2.17 bits per heavy atom. The summed E-state index contributed by atoms with van der Waals surface area (Å²) in [6.07, 6.45) is 0.642. The topological polar surface area (TPSA) is 59.3 Å². The van der Waals surface area contributed by atoms with E-state index in [1.54, 1.807) is 14.2 Å². The second kappa shape index (κ2) is 5.98. The maximum Gasteiger partial charge on any atom is 0.178 e. The number of carbonyl (C=O) groups is 1. The van der Waals surface area contributed by atoms with E-state index in [4.69, 9.17) is 9.47 Å². The number of methoxy groups -OCH3 is 2. The number of Topliss-reactive ketones (excluding diaryl/α,β-unsaturated/α-hetero) is 1. The third-order valence-corrected chi connectivity index (χ3v) is 4.52. The van der Waals surface area contributed by atoms with Crippen LogP contribution in [0.15, 0.2) is 17.7 Å². The van der Waals surface area contributed by atoms with Gasteiger partial charge in [0.15, 0.2) is 17.3 Å². The van der Waals surface area contributed by atoms with Crippen molar-refractivity contribution in [2.24, 2.45) is 5.41 Å². The second-order valence-electron chi connectivity index (χ2n) is 7.86. The SMILES string of the molecule is COc1cc2c(cc1OC)C(C)(C)C/C2=C(/C#N)C(=O)C(C)(C)C. The number of rotatable bonds is 3. The molecule has 0 unspecified atom stereocenters. The van der Waals surface area contributed by atoms with Crippen molar-refractivity contribution in [2.45, 2.75) is 46.5 Å². The highest BCUT2D eigenvalue weighted by molar-refractivity contribution is 6.09. The highest BCUT2D eigenvalue weighted by Gasteiger charge is 2.39. The van der Waals surface area contributed by atoms with Gasteiger partial charge in [-0.15, -0.1) is 0 Å². The van der Waals surface area contributed by atoms with Gasteiger partial charge in [-0.2, -0.15) is 5.26 Å². The predicted octanol–water partition coefficient (Wildman–Crippen LogP) is 4.28. The zero-order chi connectivity index (χ0) is 18.3. The van der Waals surface area contributed by atoms with Gasteiger partial charge in [0.2, 0.25) is 0 Å². The van der Waals surface area contributed by atoms with Crippen molar-refractivity contribution in [3.05, 3.63) is 28.8 Å². The number of allylic oxidation sites excluding steroid dienone is 2. The van der Waals surface area contributed by atoms with Crippen LogP contribution in [0.2, 0.25) is 0 Å². The van der Waals surface area contributed by atoms with Crippen LogP contribution in [0.3, 0.4) is 0 Å². The molecule has 0 amide bonds. The molecule has 0 aromatic heterocycles. The van der Waals surface area contributed by atoms with Crippen molar-refractivity contribution >= 4 is 11.4 Å². The smallest absolute Gasteiger partial charge is 0.178 e. The van der Waals surface area contributed by atoms with Crippen LogP contribution in [0.5, 0.6) is 11.5 Å². The fourth-order valence-corrected chi connectivity index (χ4v) is 3.17. The fraction of sp³-hybridized carbons (Fsp3) is 0.500. The van der Waals surface area contributed by atoms with E-state index >= 15 is 0 Å². The Morgan fingerprint density at radius 1 is 1.17 bits per heavy atom. The molecule has 128 valence electrons. The molecular formula is C20H25NO3. The van der Waals surface area contributed by atoms with Gasteiger partial charge in [-0.3, -0.25) is 4.79 Å². The first-order valence-electron chi connectivity index (χ1n) is 8.01. The standard InChI is InChI=1S/C20H25NO3/c1-19(2,3)18(22)14(11-21)13-10-20(4,5)15-9-17(24-7)16(23-6)8-12(13)15/h8-9H,10H2,1-7H3/b14-13+. The molecule has 0 aliphatic heterocycles. The largest absolute Gasteiger partial charge is 0.493 e. The van der Waals surface area contributed by atoms with Gasteiger partial charge in [-0.25, -0.2) is 0 Å². The zero-order valence-corrected chi connectivity index (χ0v) is 15.5. The molecule has 1 aromatic rings. The summed E-state index contributed by atoms with van der Waals surface area (Å²) in [4.78, 5) is 12.7. The first-order valence-corrected chi connectivity index (χ1v) is 8.01. The average molecular weight is 327 g/mol. The van der Waals surface area contributed by atoms with Crippen LogP contribution in [-0.4, -0.2) is 20.0 Å². The molecule has 0 saturated carbocycles. The van der Waals surface area contributed by atoms with Crippen LogP contribution < -0.4 is 9.47 Å². The summed E-state index contributed by atoms with van der Waals surface area (Å²) < 4.78 is 10.8. The number of hydrogen-bond acceptors (Lipinski definition) is 4. The van der Waals surface area contributed by atoms with E-state index in [0.29, 0.717) is 17.9 Å². The number of hydrogen-bond donors (Lipinski definition) is 0. The normalized spacial score (nSPS) is 17.8. The fourth-order valence-electron chi connectivity index (χ4n) is 3.17. The third-order valence-electron chi connectivity index (χ3n) is 4.52. The Morgan fingerprint density at radius 2 is 1.71 bits per heavy atom. The second-order valence-corrected chi connectivity index (χ2v) is 7.86. The molecule has 0 saturated heterocycles. The number of benzene rings is 1. The van der Waals surface area contributed by atoms with E-state index in [2.05, 4.69) is 19.9 Å². The molecule has 24 heavy (non-hydrogen) atoms. The van der Waals surface area contributed by atoms with Crippen molar-refractivity contribution in [2.75, 3.05) is 14.2 Å². The number of ether oxygens (including phenoxy) is 2. The molecule has 1 aliphatic rings. The van der Waals surface area contributed by atoms with E-state index in [9.17, 15) is 10.1 Å². The molecule has 0 spiro atoms. The summed E-state index contributed by atoms with van der Waals surface area (Å²) in [5, 5.41) is 9.66. The molecule has 4 heteroatoms. The van der Waals surface area contributed by atoms with E-state index in [0.717, 1.165) is 16.7 Å². The maximum absolute atomic E-state index is 12.7. The van der Waals surface area contributed by atoms with Crippen molar-refractivity contribution in [1.29, 1.82) is 5.26 Å². The van der Waals surface area contributed by atoms with Crippen LogP contribution in [-0.2, 0) is 10.2 Å². The lowest BCUT2D eigenvalue weighted by Crippen LogP contribution is -2.22. The van der Waals surface area contributed by atoms with Gasteiger partial charge < -0.3 is 9.47 Å². The van der Waals surface area contributed by atoms with Crippen molar-refractivity contribution in [3.63, 3.8) is 0 Å². The van der Waals surface area contributed by atoms with Crippen LogP contribution in [0, 0.1) is 16.7 Å². The molecule has 0 bridgehead atoms. The Bertz CT molecular complexity index is 758. The monoisotopic (exact) mass is 327 g/mol. The number of carbonyl (C=O) groups excluding carboxylic acids is 1. The lowest BCUT2D eigenvalue weighted by molar-refractivity contribution is -0.122. The van der Waals surface area contributed by atoms with Gasteiger partial charge >= 0.3 is 0 Å². The molecule has 0 N–H and O–H groups in total. The minimum atomic E-state index is -0.596. The van der Waals surface area contributed by atoms with Crippen LogP contribution in [0.25, 0.3) is 5.57 Å². The van der Waals surface area contributed by atoms with Crippen LogP contribution >= 0.6 is 0 Å².